The summed E-state index contributed by atoms with van der Waals surface area (Å²) in [7, 11) is -3.84. The highest BCUT2D eigenvalue weighted by atomic mass is 32.1. The van der Waals surface area contributed by atoms with Crippen LogP contribution in [-0.4, -0.2) is 67.0 Å². The van der Waals surface area contributed by atoms with Crippen molar-refractivity contribution in [3.8, 4) is 5.75 Å². The first kappa shape index (κ1) is 25.6. The van der Waals surface area contributed by atoms with E-state index in [1.54, 1.807) is 13.8 Å². The minimum Gasteiger partial charge on any atom is -0.503 e. The van der Waals surface area contributed by atoms with Crippen LogP contribution in [-0.2, 0) is 34.6 Å². The molecule has 2 aliphatic rings. The van der Waals surface area contributed by atoms with Crippen LogP contribution < -0.4 is 16.5 Å². The second kappa shape index (κ2) is 9.54. The van der Waals surface area contributed by atoms with E-state index in [-0.39, 0.29) is 35.4 Å². The number of nitrogens with one attached hydrogen (secondary N) is 1. The summed E-state index contributed by atoms with van der Waals surface area (Å²) >= 11 is 1.04. The number of β-lactam (4-membered cyclic amide) rings is 1. The lowest BCUT2D eigenvalue weighted by atomic mass is 9.85. The maximum Gasteiger partial charge on any atom is 0.438 e. The Morgan fingerprint density at radius 1 is 1.42 bits per heavy atom. The highest BCUT2D eigenvalue weighted by Crippen LogP contribution is 2.61. The number of amides is 2. The fourth-order valence-electron chi connectivity index (χ4n) is 3.64. The monoisotopic (exact) mass is 542 g/mol. The van der Waals surface area contributed by atoms with Crippen LogP contribution in [0.1, 0.15) is 31.7 Å². The molecule has 2 fully saturated rings. The number of nitrogens with zero attached hydrogens (tertiary/aromatic N) is 4. The molecule has 17 heteroatoms. The highest BCUT2D eigenvalue weighted by molar-refractivity contribution is 7.52. The average molecular weight is 542 g/mol. The van der Waals surface area contributed by atoms with Gasteiger partial charge in [-0.05, 0) is 20.3 Å². The Labute approximate surface area is 207 Å². The number of carbonyl (C=O) groups is 2. The van der Waals surface area contributed by atoms with Crippen LogP contribution in [0.15, 0.2) is 27.6 Å². The summed E-state index contributed by atoms with van der Waals surface area (Å²) in [6.45, 7) is 3.09. The quantitative estimate of drug-likeness (QED) is 0.124. The van der Waals surface area contributed by atoms with Crippen molar-refractivity contribution in [3.05, 3.63) is 39.3 Å². The van der Waals surface area contributed by atoms with Gasteiger partial charge in [-0.1, -0.05) is 5.16 Å². The standard InChI is InChI=1S/C19H23N6O9PS/c1-19(2)15(17(29)25(19)35(31)33-4-3-5-34-35)22-16(28)14(11-9-36-18(20)21-11)23-32-8-10-6-12(26)13(27)7-24(10)30/h6-7,9,15,27,30H,3-5,8H2,1-2H3,(H2,20,21)(H,22,28)/b23-14-/t15-/m1/s1. The van der Waals surface area contributed by atoms with Crippen LogP contribution in [0, 0.1) is 0 Å². The lowest BCUT2D eigenvalue weighted by Crippen LogP contribution is -2.75. The summed E-state index contributed by atoms with van der Waals surface area (Å²) in [6.07, 6.45) is 1.32. The molecule has 2 aliphatic heterocycles. The van der Waals surface area contributed by atoms with Crippen LogP contribution in [0.5, 0.6) is 5.75 Å². The number of thiazole rings is 1. The zero-order chi connectivity index (χ0) is 26.3. The lowest BCUT2D eigenvalue weighted by molar-refractivity contribution is -0.154. The average Bonchev–Trinajstić information content (AvgIpc) is 3.24. The van der Waals surface area contributed by atoms with Gasteiger partial charge in [0.1, 0.15) is 17.4 Å². The van der Waals surface area contributed by atoms with E-state index in [1.807, 2.05) is 0 Å². The van der Waals surface area contributed by atoms with Crippen molar-refractivity contribution >= 4 is 41.7 Å². The predicted octanol–water partition coefficient (Wildman–Crippen LogP) is 0.401. The SMILES string of the molecule is CC1(C)[C@H](NC(=O)/C(=N\OCc2cc(=O)c(O)cn2O)c2csc(N)n2)C(=O)N1P1(=O)OCCCO1. The number of nitrogens with two attached hydrogens (primary N) is 1. The van der Waals surface area contributed by atoms with Gasteiger partial charge in [0, 0.05) is 11.4 Å². The number of pyridine rings is 1. The van der Waals surface area contributed by atoms with Crippen molar-refractivity contribution in [1.29, 1.82) is 0 Å². The van der Waals surface area contributed by atoms with E-state index in [0.717, 1.165) is 28.3 Å². The Balaban J connectivity index is 1.53. The molecule has 194 valence electrons. The molecule has 1 atom stereocenters. The van der Waals surface area contributed by atoms with Crippen molar-refractivity contribution in [3.63, 3.8) is 0 Å². The van der Waals surface area contributed by atoms with Crippen molar-refractivity contribution in [2.24, 2.45) is 5.16 Å². The number of carbonyl (C=O) groups excluding carboxylic acids is 2. The van der Waals surface area contributed by atoms with E-state index in [1.165, 1.54) is 5.38 Å². The number of aromatic hydroxyl groups is 1. The zero-order valence-electron chi connectivity index (χ0n) is 19.1. The van der Waals surface area contributed by atoms with Gasteiger partial charge >= 0.3 is 7.75 Å². The fourth-order valence-corrected chi connectivity index (χ4v) is 6.31. The van der Waals surface area contributed by atoms with Crippen LogP contribution in [0.2, 0.25) is 0 Å². The number of hydrogen-bond donors (Lipinski definition) is 4. The number of nitrogen functional groups attached to an aromatic ring is 1. The van der Waals surface area contributed by atoms with Crippen LogP contribution in [0.4, 0.5) is 5.13 Å². The van der Waals surface area contributed by atoms with Gasteiger partial charge in [0.2, 0.25) is 5.43 Å². The normalized spacial score (nSPS) is 21.1. The number of anilines is 1. The van der Waals surface area contributed by atoms with Gasteiger partial charge in [-0.15, -0.1) is 11.3 Å². The first-order valence-corrected chi connectivity index (χ1v) is 12.9. The molecule has 2 aromatic heterocycles. The van der Waals surface area contributed by atoms with Gasteiger partial charge in [0.05, 0.1) is 24.9 Å². The van der Waals surface area contributed by atoms with E-state index >= 15 is 0 Å². The van der Waals surface area contributed by atoms with Crippen molar-refractivity contribution < 1.29 is 38.4 Å². The maximum atomic E-state index is 13.1. The number of hydrogen-bond acceptors (Lipinski definition) is 13. The minimum absolute atomic E-state index is 0.0512. The molecule has 2 aromatic rings. The summed E-state index contributed by atoms with van der Waals surface area (Å²) in [5, 5.41) is 27.1. The van der Waals surface area contributed by atoms with Crippen LogP contribution in [0.3, 0.4) is 0 Å². The molecule has 0 radical (unpaired) electrons. The fraction of sp³-hybridized carbons (Fsp3) is 0.421. The molecule has 15 nitrogen and oxygen atoms in total. The molecule has 0 aromatic carbocycles. The number of oxime groups is 1. The van der Waals surface area contributed by atoms with Crippen LogP contribution in [0.25, 0.3) is 0 Å². The molecule has 36 heavy (non-hydrogen) atoms. The maximum absolute atomic E-state index is 13.1. The summed E-state index contributed by atoms with van der Waals surface area (Å²) in [6, 6.07) is -0.168. The van der Waals surface area contributed by atoms with Gasteiger partial charge in [-0.2, -0.15) is 4.73 Å². The lowest BCUT2D eigenvalue weighted by Gasteiger charge is -2.55. The third kappa shape index (κ3) is 4.67. The van der Waals surface area contributed by atoms with Gasteiger partial charge in [0.25, 0.3) is 11.8 Å². The molecular weight excluding hydrogens is 519 g/mol. The van der Waals surface area contributed by atoms with Gasteiger partial charge in [0.15, 0.2) is 23.2 Å². The molecule has 2 amide bonds. The van der Waals surface area contributed by atoms with Crippen molar-refractivity contribution in [1.82, 2.24) is 19.7 Å². The molecule has 5 N–H and O–H groups in total. The second-order valence-electron chi connectivity index (χ2n) is 8.34. The molecule has 0 spiro atoms. The zero-order valence-corrected chi connectivity index (χ0v) is 20.8. The molecule has 2 saturated heterocycles. The Morgan fingerprint density at radius 2 is 2.11 bits per heavy atom. The molecule has 4 rings (SSSR count). The predicted molar refractivity (Wildman–Crippen MR) is 124 cm³/mol. The molecule has 0 unspecified atom stereocenters. The Morgan fingerprint density at radius 3 is 2.72 bits per heavy atom. The number of aromatic nitrogens is 2. The topological polar surface area (TPSA) is 208 Å². The van der Waals surface area contributed by atoms with E-state index in [2.05, 4.69) is 15.5 Å². The third-order valence-corrected chi connectivity index (χ3v) is 8.36. The van der Waals surface area contributed by atoms with Gasteiger partial charge < -0.3 is 26.2 Å². The van der Waals surface area contributed by atoms with E-state index in [4.69, 9.17) is 19.6 Å². The minimum atomic E-state index is -3.84. The van der Waals surface area contributed by atoms with E-state index in [9.17, 15) is 29.3 Å². The highest BCUT2D eigenvalue weighted by Gasteiger charge is 2.63. The summed E-state index contributed by atoms with van der Waals surface area (Å²) in [4.78, 5) is 46.8. The molecular formula is C19H23N6O9PS. The van der Waals surface area contributed by atoms with Gasteiger partial charge in [-0.25, -0.2) is 14.2 Å². The Bertz CT molecular complexity index is 1330. The smallest absolute Gasteiger partial charge is 0.438 e. The van der Waals surface area contributed by atoms with E-state index < -0.39 is 48.9 Å². The second-order valence-corrected chi connectivity index (χ2v) is 11.1. The van der Waals surface area contributed by atoms with E-state index in [0.29, 0.717) is 11.2 Å². The largest absolute Gasteiger partial charge is 0.503 e. The first-order chi connectivity index (χ1) is 16.9. The third-order valence-electron chi connectivity index (χ3n) is 5.46. The number of rotatable bonds is 7. The summed E-state index contributed by atoms with van der Waals surface area (Å²) in [5.41, 5.74) is 3.44. The Hall–Kier alpha value is -3.46. The Kier molecular flexibility index (Phi) is 6.79. The molecule has 0 saturated carbocycles. The van der Waals surface area contributed by atoms with Gasteiger partial charge in [-0.3, -0.25) is 23.4 Å². The van der Waals surface area contributed by atoms with Crippen LogP contribution >= 0.6 is 19.1 Å². The molecule has 4 heterocycles. The van der Waals surface area contributed by atoms with Crippen molar-refractivity contribution in [2.45, 2.75) is 38.5 Å². The summed E-state index contributed by atoms with van der Waals surface area (Å²) < 4.78 is 25.0. The van der Waals surface area contributed by atoms with Crippen molar-refractivity contribution in [2.75, 3.05) is 18.9 Å². The molecule has 0 aliphatic carbocycles. The first-order valence-electron chi connectivity index (χ1n) is 10.5. The summed E-state index contributed by atoms with van der Waals surface area (Å²) in [5.74, 6) is -2.18. The molecule has 0 bridgehead atoms.